The van der Waals surface area contributed by atoms with E-state index in [1.165, 1.54) is 11.3 Å². The molecule has 3 heterocycles. The Morgan fingerprint density at radius 2 is 2.19 bits per heavy atom. The fourth-order valence-electron chi connectivity index (χ4n) is 2.91. The van der Waals surface area contributed by atoms with Crippen LogP contribution in [0.5, 0.6) is 0 Å². The second-order valence-electron chi connectivity index (χ2n) is 6.14. The van der Waals surface area contributed by atoms with Gasteiger partial charge in [0.15, 0.2) is 11.0 Å². The van der Waals surface area contributed by atoms with Crippen molar-refractivity contribution >= 4 is 28.3 Å². The summed E-state index contributed by atoms with van der Waals surface area (Å²) < 4.78 is 5.25. The molecule has 27 heavy (non-hydrogen) atoms. The highest BCUT2D eigenvalue weighted by Crippen LogP contribution is 2.26. The normalized spacial score (nSPS) is 16.7. The first-order chi connectivity index (χ1) is 13.2. The molecule has 138 valence electrons. The second-order valence-corrected chi connectivity index (χ2v) is 7.02. The Hall–Kier alpha value is -3.07. The van der Waals surface area contributed by atoms with Gasteiger partial charge in [0.2, 0.25) is 11.8 Å². The van der Waals surface area contributed by atoms with Crippen LogP contribution in [-0.4, -0.2) is 40.0 Å². The summed E-state index contributed by atoms with van der Waals surface area (Å²) in [6.45, 7) is 0.743. The monoisotopic (exact) mass is 383 g/mol. The van der Waals surface area contributed by atoms with E-state index >= 15 is 0 Å². The molecule has 2 amide bonds. The highest BCUT2D eigenvalue weighted by atomic mass is 32.1. The lowest BCUT2D eigenvalue weighted by molar-refractivity contribution is -0.126. The number of anilines is 1. The first kappa shape index (κ1) is 17.3. The molecule has 0 spiro atoms. The molecule has 0 bridgehead atoms. The number of amides is 2. The molecule has 1 fully saturated rings. The molecule has 0 radical (unpaired) electrons. The minimum atomic E-state index is -0.369. The van der Waals surface area contributed by atoms with Crippen molar-refractivity contribution in [2.24, 2.45) is 5.92 Å². The zero-order valence-electron chi connectivity index (χ0n) is 14.4. The number of hydrogen-bond donors (Lipinski definition) is 1. The van der Waals surface area contributed by atoms with Crippen molar-refractivity contribution in [1.29, 1.82) is 0 Å². The third-order valence-corrected chi connectivity index (χ3v) is 5.08. The van der Waals surface area contributed by atoms with Crippen LogP contribution in [0.4, 0.5) is 5.13 Å². The Bertz CT molecular complexity index is 926. The van der Waals surface area contributed by atoms with Gasteiger partial charge in [0, 0.05) is 43.1 Å². The van der Waals surface area contributed by atoms with Crippen LogP contribution in [0.1, 0.15) is 12.2 Å². The van der Waals surface area contributed by atoms with Gasteiger partial charge in [-0.3, -0.25) is 14.5 Å². The van der Waals surface area contributed by atoms with E-state index in [1.807, 2.05) is 35.7 Å². The van der Waals surface area contributed by atoms with Gasteiger partial charge in [-0.2, -0.15) is 4.98 Å². The first-order valence-electron chi connectivity index (χ1n) is 8.56. The number of hydrogen-bond acceptors (Lipinski definition) is 7. The quantitative estimate of drug-likeness (QED) is 0.698. The summed E-state index contributed by atoms with van der Waals surface area (Å²) in [6, 6.07) is 9.50. The van der Waals surface area contributed by atoms with E-state index in [1.54, 1.807) is 11.1 Å². The topological polar surface area (TPSA) is 101 Å². The van der Waals surface area contributed by atoms with Crippen molar-refractivity contribution < 1.29 is 14.1 Å². The number of nitrogens with zero attached hydrogens (tertiary/aromatic N) is 4. The molecule has 1 saturated heterocycles. The van der Waals surface area contributed by atoms with E-state index in [2.05, 4.69) is 20.4 Å². The molecule has 2 aromatic heterocycles. The van der Waals surface area contributed by atoms with Gasteiger partial charge in [0.25, 0.3) is 5.89 Å². The van der Waals surface area contributed by atoms with E-state index in [4.69, 9.17) is 4.52 Å². The summed E-state index contributed by atoms with van der Waals surface area (Å²) >= 11 is 1.39. The molecule has 1 atom stereocenters. The van der Waals surface area contributed by atoms with E-state index in [0.29, 0.717) is 36.4 Å². The molecule has 1 unspecified atom stereocenters. The first-order valence-corrected chi connectivity index (χ1v) is 9.44. The summed E-state index contributed by atoms with van der Waals surface area (Å²) in [5.41, 5.74) is 0.854. The molecule has 0 saturated carbocycles. The Morgan fingerprint density at radius 1 is 1.33 bits per heavy atom. The van der Waals surface area contributed by atoms with Gasteiger partial charge in [0.05, 0.1) is 5.92 Å². The number of carbonyl (C=O) groups excluding carboxylic acids is 2. The average molecular weight is 383 g/mol. The lowest BCUT2D eigenvalue weighted by atomic mass is 10.1. The van der Waals surface area contributed by atoms with E-state index in [-0.39, 0.29) is 24.2 Å². The van der Waals surface area contributed by atoms with Gasteiger partial charge in [-0.25, -0.2) is 4.98 Å². The SMILES string of the molecule is O=C(NCCc1noc(-c2ccccc2)n1)C1CC(=O)N(c2nccs2)C1. The molecular formula is C18H17N5O3S. The highest BCUT2D eigenvalue weighted by Gasteiger charge is 2.36. The number of nitrogens with one attached hydrogen (secondary N) is 1. The van der Waals surface area contributed by atoms with Gasteiger partial charge in [-0.15, -0.1) is 11.3 Å². The summed E-state index contributed by atoms with van der Waals surface area (Å²) in [6.07, 6.45) is 2.31. The molecule has 3 aromatic rings. The molecular weight excluding hydrogens is 366 g/mol. The standard InChI is InChI=1S/C18H17N5O3S/c24-15-10-13(11-23(15)18-20-8-9-27-18)16(25)19-7-6-14-21-17(26-22-14)12-4-2-1-3-5-12/h1-5,8-9,13H,6-7,10-11H2,(H,19,25). The van der Waals surface area contributed by atoms with E-state index < -0.39 is 0 Å². The maximum atomic E-state index is 12.4. The van der Waals surface area contributed by atoms with Crippen molar-refractivity contribution in [2.45, 2.75) is 12.8 Å². The molecule has 1 aliphatic heterocycles. The molecule has 9 heteroatoms. The van der Waals surface area contributed by atoms with Crippen LogP contribution in [0.15, 0.2) is 46.4 Å². The third-order valence-electron chi connectivity index (χ3n) is 4.28. The zero-order valence-corrected chi connectivity index (χ0v) is 15.2. The number of thiazole rings is 1. The predicted octanol–water partition coefficient (Wildman–Crippen LogP) is 1.90. The van der Waals surface area contributed by atoms with E-state index in [9.17, 15) is 9.59 Å². The van der Waals surface area contributed by atoms with Gasteiger partial charge in [-0.05, 0) is 12.1 Å². The lowest BCUT2D eigenvalue weighted by Crippen LogP contribution is -2.34. The fourth-order valence-corrected chi connectivity index (χ4v) is 3.58. The van der Waals surface area contributed by atoms with Crippen molar-refractivity contribution in [2.75, 3.05) is 18.0 Å². The Morgan fingerprint density at radius 3 is 2.96 bits per heavy atom. The maximum absolute atomic E-state index is 12.4. The Labute approximate surface area is 159 Å². The van der Waals surface area contributed by atoms with Crippen LogP contribution in [-0.2, 0) is 16.0 Å². The second kappa shape index (κ2) is 7.67. The third kappa shape index (κ3) is 3.87. The van der Waals surface area contributed by atoms with Gasteiger partial charge >= 0.3 is 0 Å². The summed E-state index contributed by atoms with van der Waals surface area (Å²) in [5.74, 6) is 0.398. The van der Waals surface area contributed by atoms with Crippen molar-refractivity contribution in [1.82, 2.24) is 20.4 Å². The van der Waals surface area contributed by atoms with Crippen LogP contribution >= 0.6 is 11.3 Å². The largest absolute Gasteiger partial charge is 0.355 e. The van der Waals surface area contributed by atoms with E-state index in [0.717, 1.165) is 5.56 Å². The zero-order chi connectivity index (χ0) is 18.6. The predicted molar refractivity (Wildman–Crippen MR) is 99.0 cm³/mol. The van der Waals surface area contributed by atoms with Crippen LogP contribution in [0.2, 0.25) is 0 Å². The maximum Gasteiger partial charge on any atom is 0.257 e. The van der Waals surface area contributed by atoms with Crippen LogP contribution in [0, 0.1) is 5.92 Å². The van der Waals surface area contributed by atoms with Gasteiger partial charge in [0.1, 0.15) is 0 Å². The molecule has 8 nitrogen and oxygen atoms in total. The smallest absolute Gasteiger partial charge is 0.257 e. The summed E-state index contributed by atoms with van der Waals surface area (Å²) in [4.78, 5) is 34.5. The fraction of sp³-hybridized carbons (Fsp3) is 0.278. The Kier molecular flexibility index (Phi) is 4.93. The summed E-state index contributed by atoms with van der Waals surface area (Å²) in [5, 5.41) is 9.24. The van der Waals surface area contributed by atoms with Crippen molar-refractivity contribution in [3.8, 4) is 11.5 Å². The molecule has 0 aliphatic carbocycles. The number of aromatic nitrogens is 3. The molecule has 1 aliphatic rings. The molecule has 1 N–H and O–H groups in total. The number of benzene rings is 1. The minimum absolute atomic E-state index is 0.0734. The highest BCUT2D eigenvalue weighted by molar-refractivity contribution is 7.13. The Balaban J connectivity index is 1.28. The summed E-state index contributed by atoms with van der Waals surface area (Å²) in [7, 11) is 0. The van der Waals surface area contributed by atoms with Crippen molar-refractivity contribution in [3.05, 3.63) is 47.7 Å². The van der Waals surface area contributed by atoms with Crippen molar-refractivity contribution in [3.63, 3.8) is 0 Å². The van der Waals surface area contributed by atoms with Crippen LogP contribution in [0.3, 0.4) is 0 Å². The van der Waals surface area contributed by atoms with Crippen LogP contribution < -0.4 is 10.2 Å². The number of carbonyl (C=O) groups is 2. The van der Waals surface area contributed by atoms with Gasteiger partial charge in [-0.1, -0.05) is 23.4 Å². The minimum Gasteiger partial charge on any atom is -0.355 e. The average Bonchev–Trinajstić information content (AvgIpc) is 3.43. The molecule has 1 aromatic carbocycles. The van der Waals surface area contributed by atoms with Gasteiger partial charge < -0.3 is 9.84 Å². The lowest BCUT2D eigenvalue weighted by Gasteiger charge is -2.12. The number of rotatable bonds is 6. The molecule has 4 rings (SSSR count). The van der Waals surface area contributed by atoms with Crippen LogP contribution in [0.25, 0.3) is 11.5 Å².